The Balaban J connectivity index is 2.77. The number of benzene rings is 1. The summed E-state index contributed by atoms with van der Waals surface area (Å²) in [6.45, 7) is 0. The molecule has 6 heteroatoms. The van der Waals surface area contributed by atoms with Crippen molar-refractivity contribution in [3.05, 3.63) is 35.4 Å². The van der Waals surface area contributed by atoms with E-state index in [9.17, 15) is 4.79 Å². The van der Waals surface area contributed by atoms with Crippen LogP contribution in [0.4, 0.5) is 0 Å². The summed E-state index contributed by atoms with van der Waals surface area (Å²) in [7, 11) is -2.52. The highest BCUT2D eigenvalue weighted by molar-refractivity contribution is 7.57. The van der Waals surface area contributed by atoms with E-state index in [1.165, 1.54) is 31.4 Å². The first-order valence-electron chi connectivity index (χ1n) is 4.16. The number of rotatable bonds is 3. The van der Waals surface area contributed by atoms with E-state index in [4.69, 9.17) is 14.7 Å². The molecule has 0 bridgehead atoms. The maximum absolute atomic E-state index is 11.0. The lowest BCUT2D eigenvalue weighted by molar-refractivity contribution is 0.0600. The zero-order valence-corrected chi connectivity index (χ0v) is 9.02. The van der Waals surface area contributed by atoms with Crippen molar-refractivity contribution < 1.29 is 24.2 Å². The van der Waals surface area contributed by atoms with E-state index in [0.717, 1.165) is 0 Å². The summed E-state index contributed by atoms with van der Waals surface area (Å²) in [5.41, 5.74) is 0.919. The molecule has 1 aromatic carbocycles. The van der Waals surface area contributed by atoms with Gasteiger partial charge in [0.2, 0.25) is 0 Å². The summed E-state index contributed by atoms with van der Waals surface area (Å²) >= 11 is 0. The molecule has 82 valence electrons. The molecule has 15 heavy (non-hydrogen) atoms. The van der Waals surface area contributed by atoms with E-state index in [0.29, 0.717) is 11.1 Å². The molecule has 0 aliphatic rings. The molecule has 0 spiro atoms. The van der Waals surface area contributed by atoms with Crippen molar-refractivity contribution in [1.29, 1.82) is 0 Å². The first-order valence-corrected chi connectivity index (χ1v) is 5.99. The largest absolute Gasteiger partial charge is 0.465 e. The van der Waals surface area contributed by atoms with Crippen LogP contribution >= 0.6 is 7.94 Å². The molecule has 3 N–H and O–H groups in total. The zero-order chi connectivity index (χ0) is 11.5. The fourth-order valence-electron chi connectivity index (χ4n) is 1.11. The molecule has 0 saturated carbocycles. The van der Waals surface area contributed by atoms with E-state index in [1.807, 2.05) is 0 Å². The van der Waals surface area contributed by atoms with Crippen LogP contribution in [0.1, 0.15) is 15.9 Å². The van der Waals surface area contributed by atoms with Crippen molar-refractivity contribution in [3.8, 4) is 0 Å². The first kappa shape index (κ1) is 12.1. The van der Waals surface area contributed by atoms with Crippen molar-refractivity contribution in [3.63, 3.8) is 0 Å². The third-order valence-electron chi connectivity index (χ3n) is 1.77. The Morgan fingerprint density at radius 3 is 2.20 bits per heavy atom. The average molecular weight is 231 g/mol. The molecule has 0 fully saturated rings. The van der Waals surface area contributed by atoms with Crippen LogP contribution in [0, 0.1) is 0 Å². The molecule has 0 aliphatic carbocycles. The second kappa shape index (κ2) is 4.68. The SMILES string of the molecule is COC(=O)c1ccc(C[P+](O)(O)O)cc1. The van der Waals surface area contributed by atoms with E-state index >= 15 is 0 Å². The number of carbonyl (C=O) groups is 1. The molecule has 0 aliphatic heterocycles. The van der Waals surface area contributed by atoms with Gasteiger partial charge in [-0.25, -0.2) is 4.79 Å². The van der Waals surface area contributed by atoms with E-state index in [-0.39, 0.29) is 6.16 Å². The first-order chi connectivity index (χ1) is 6.92. The van der Waals surface area contributed by atoms with Gasteiger partial charge in [0, 0.05) is 0 Å². The quantitative estimate of drug-likeness (QED) is 0.527. The molecule has 1 rings (SSSR count). The maximum Gasteiger partial charge on any atom is 0.408 e. The molecule has 5 nitrogen and oxygen atoms in total. The maximum atomic E-state index is 11.0. The van der Waals surface area contributed by atoms with Gasteiger partial charge >= 0.3 is 13.9 Å². The minimum atomic E-state index is -3.80. The molecule has 0 amide bonds. The second-order valence-corrected chi connectivity index (χ2v) is 4.74. The van der Waals surface area contributed by atoms with Gasteiger partial charge in [-0.05, 0) is 17.7 Å². The number of hydrogen-bond acceptors (Lipinski definition) is 5. The number of carbonyl (C=O) groups excluding carboxylic acids is 1. The monoisotopic (exact) mass is 231 g/mol. The van der Waals surface area contributed by atoms with Crippen LogP contribution in [0.3, 0.4) is 0 Å². The predicted octanol–water partition coefficient (Wildman–Crippen LogP) is 0.713. The number of methoxy groups -OCH3 is 1. The Labute approximate surface area is 87.5 Å². The average Bonchev–Trinajstić information content (AvgIpc) is 2.15. The van der Waals surface area contributed by atoms with Crippen molar-refractivity contribution >= 4 is 13.9 Å². The van der Waals surface area contributed by atoms with Crippen LogP contribution in [0.2, 0.25) is 0 Å². The third kappa shape index (κ3) is 3.93. The molecule has 0 saturated heterocycles. The fraction of sp³-hybridized carbons (Fsp3) is 0.222. The molecule has 0 heterocycles. The Hall–Kier alpha value is -1.00. The minimum Gasteiger partial charge on any atom is -0.465 e. The summed E-state index contributed by atoms with van der Waals surface area (Å²) in [4.78, 5) is 37.5. The molecular formula is C9H12O5P+. The molecule has 0 atom stereocenters. The molecule has 1 aromatic rings. The highest BCUT2D eigenvalue weighted by Crippen LogP contribution is 2.47. The van der Waals surface area contributed by atoms with Gasteiger partial charge in [-0.3, -0.25) is 0 Å². The lowest BCUT2D eigenvalue weighted by Gasteiger charge is -2.04. The Kier molecular flexibility index (Phi) is 3.77. The lowest BCUT2D eigenvalue weighted by atomic mass is 10.1. The lowest BCUT2D eigenvalue weighted by Crippen LogP contribution is -2.01. The summed E-state index contributed by atoms with van der Waals surface area (Å²) in [6, 6.07) is 6.06. The van der Waals surface area contributed by atoms with Gasteiger partial charge in [-0.1, -0.05) is 12.1 Å². The zero-order valence-electron chi connectivity index (χ0n) is 8.12. The van der Waals surface area contributed by atoms with Crippen molar-refractivity contribution in [1.82, 2.24) is 0 Å². The van der Waals surface area contributed by atoms with Crippen LogP contribution < -0.4 is 0 Å². The normalized spacial score (nSPS) is 11.2. The molecule has 0 unspecified atom stereocenters. The van der Waals surface area contributed by atoms with Gasteiger partial charge in [0.1, 0.15) is 0 Å². The topological polar surface area (TPSA) is 87.0 Å². The van der Waals surface area contributed by atoms with Crippen LogP contribution in [-0.2, 0) is 10.9 Å². The van der Waals surface area contributed by atoms with Crippen LogP contribution in [0.5, 0.6) is 0 Å². The fourth-order valence-corrected chi connectivity index (χ4v) is 1.81. The standard InChI is InChI=1S/C9H12O5P/c1-14-9(10)8-4-2-7(3-5-8)6-15(11,12)13/h2-5,11-13H,6H2,1H3/q+1. The Bertz CT molecular complexity index is 341. The van der Waals surface area contributed by atoms with Gasteiger partial charge in [0.05, 0.1) is 12.7 Å². The molecule has 0 aromatic heterocycles. The Morgan fingerprint density at radius 2 is 1.80 bits per heavy atom. The summed E-state index contributed by atoms with van der Waals surface area (Å²) in [5, 5.41) is 0. The molecular weight excluding hydrogens is 219 g/mol. The minimum absolute atomic E-state index is 0.214. The Morgan fingerprint density at radius 1 is 1.27 bits per heavy atom. The van der Waals surface area contributed by atoms with Gasteiger partial charge in [0.15, 0.2) is 6.16 Å². The predicted molar refractivity (Wildman–Crippen MR) is 55.1 cm³/mol. The molecule has 0 radical (unpaired) electrons. The summed E-state index contributed by atoms with van der Waals surface area (Å²) in [5.74, 6) is -0.459. The number of ether oxygens (including phenoxy) is 1. The smallest absolute Gasteiger partial charge is 0.408 e. The summed E-state index contributed by atoms with van der Waals surface area (Å²) < 4.78 is 4.50. The van der Waals surface area contributed by atoms with E-state index in [2.05, 4.69) is 4.74 Å². The van der Waals surface area contributed by atoms with Crippen molar-refractivity contribution in [2.24, 2.45) is 0 Å². The number of esters is 1. The van der Waals surface area contributed by atoms with E-state index in [1.54, 1.807) is 0 Å². The van der Waals surface area contributed by atoms with Crippen LogP contribution in [0.25, 0.3) is 0 Å². The van der Waals surface area contributed by atoms with Gasteiger partial charge in [-0.15, -0.1) is 0 Å². The van der Waals surface area contributed by atoms with Gasteiger partial charge in [0.25, 0.3) is 0 Å². The highest BCUT2D eigenvalue weighted by atomic mass is 31.2. The van der Waals surface area contributed by atoms with Gasteiger partial charge < -0.3 is 4.74 Å². The van der Waals surface area contributed by atoms with Gasteiger partial charge in [-0.2, -0.15) is 14.7 Å². The van der Waals surface area contributed by atoms with Crippen molar-refractivity contribution in [2.75, 3.05) is 7.11 Å². The van der Waals surface area contributed by atoms with Crippen molar-refractivity contribution in [2.45, 2.75) is 6.16 Å². The van der Waals surface area contributed by atoms with Crippen LogP contribution in [0.15, 0.2) is 24.3 Å². The highest BCUT2D eigenvalue weighted by Gasteiger charge is 2.29. The third-order valence-corrected chi connectivity index (χ3v) is 2.56. The van der Waals surface area contributed by atoms with E-state index < -0.39 is 13.9 Å². The second-order valence-electron chi connectivity index (χ2n) is 3.04. The summed E-state index contributed by atoms with van der Waals surface area (Å²) in [6.07, 6.45) is -0.214. The number of hydrogen-bond donors (Lipinski definition) is 3. The van der Waals surface area contributed by atoms with Crippen LogP contribution in [-0.4, -0.2) is 27.8 Å².